The SMILES string of the molecule is CN(C)c1cc2c(cc1-c1c(/C=C3\SC(=O)NC3=O)cccc1OC(F)(F)F)C(C)(C)CCC2(C)C. The van der Waals surface area contributed by atoms with Gasteiger partial charge in [0.2, 0.25) is 0 Å². The largest absolute Gasteiger partial charge is 0.573 e. The van der Waals surface area contributed by atoms with E-state index in [-0.39, 0.29) is 27.0 Å². The molecule has 0 aromatic heterocycles. The molecule has 1 aliphatic heterocycles. The van der Waals surface area contributed by atoms with Crippen molar-refractivity contribution in [2.24, 2.45) is 0 Å². The molecular weight excluding hydrogens is 489 g/mol. The van der Waals surface area contributed by atoms with E-state index in [4.69, 9.17) is 0 Å². The van der Waals surface area contributed by atoms with Crippen LogP contribution in [-0.4, -0.2) is 31.6 Å². The average molecular weight is 519 g/mol. The number of halogens is 3. The monoisotopic (exact) mass is 518 g/mol. The number of carbonyl (C=O) groups is 2. The molecule has 1 heterocycles. The Kier molecular flexibility index (Phi) is 6.44. The Labute approximate surface area is 213 Å². The Bertz CT molecular complexity index is 1280. The number of alkyl halides is 3. The van der Waals surface area contributed by atoms with Crippen LogP contribution in [0.5, 0.6) is 5.75 Å². The van der Waals surface area contributed by atoms with Gasteiger partial charge in [0.15, 0.2) is 0 Å². The smallest absolute Gasteiger partial charge is 0.405 e. The highest BCUT2D eigenvalue weighted by atomic mass is 32.2. The highest BCUT2D eigenvalue weighted by Gasteiger charge is 2.39. The maximum absolute atomic E-state index is 13.5. The minimum absolute atomic E-state index is 0.0973. The predicted octanol–water partition coefficient (Wildman–Crippen LogP) is 6.99. The van der Waals surface area contributed by atoms with E-state index in [9.17, 15) is 22.8 Å². The summed E-state index contributed by atoms with van der Waals surface area (Å²) in [4.78, 5) is 25.9. The van der Waals surface area contributed by atoms with Crippen molar-refractivity contribution in [2.75, 3.05) is 19.0 Å². The van der Waals surface area contributed by atoms with Crippen LogP contribution in [0.2, 0.25) is 0 Å². The number of anilines is 1. The Morgan fingerprint density at radius 2 is 1.64 bits per heavy atom. The molecule has 36 heavy (non-hydrogen) atoms. The van der Waals surface area contributed by atoms with Crippen molar-refractivity contribution in [3.8, 4) is 16.9 Å². The molecule has 0 spiro atoms. The second-order valence-corrected chi connectivity index (χ2v) is 11.7. The van der Waals surface area contributed by atoms with Gasteiger partial charge in [-0.05, 0) is 76.4 Å². The maximum Gasteiger partial charge on any atom is 0.573 e. The molecule has 0 saturated carbocycles. The van der Waals surface area contributed by atoms with Gasteiger partial charge in [-0.2, -0.15) is 0 Å². The summed E-state index contributed by atoms with van der Waals surface area (Å²) in [5.41, 5.74) is 3.81. The second kappa shape index (κ2) is 8.87. The van der Waals surface area contributed by atoms with Crippen molar-refractivity contribution in [3.05, 3.63) is 51.9 Å². The van der Waals surface area contributed by atoms with Gasteiger partial charge in [-0.3, -0.25) is 14.9 Å². The fraction of sp³-hybridized carbons (Fsp3) is 0.407. The zero-order valence-electron chi connectivity index (χ0n) is 21.1. The lowest BCUT2D eigenvalue weighted by atomic mass is 9.62. The maximum atomic E-state index is 13.5. The minimum Gasteiger partial charge on any atom is -0.405 e. The van der Waals surface area contributed by atoms with Crippen LogP contribution >= 0.6 is 11.8 Å². The first-order valence-corrected chi connectivity index (χ1v) is 12.4. The van der Waals surface area contributed by atoms with Crippen LogP contribution in [0.25, 0.3) is 17.2 Å². The molecule has 192 valence electrons. The number of rotatable bonds is 4. The molecule has 4 rings (SSSR count). The van der Waals surface area contributed by atoms with Gasteiger partial charge in [0.05, 0.1) is 4.91 Å². The molecule has 2 aromatic rings. The van der Waals surface area contributed by atoms with E-state index in [2.05, 4.69) is 43.8 Å². The summed E-state index contributed by atoms with van der Waals surface area (Å²) in [7, 11) is 3.69. The first-order valence-electron chi connectivity index (χ1n) is 11.6. The zero-order valence-corrected chi connectivity index (χ0v) is 21.9. The number of thioether (sulfide) groups is 1. The molecule has 5 nitrogen and oxygen atoms in total. The van der Waals surface area contributed by atoms with Crippen LogP contribution in [0.3, 0.4) is 0 Å². The van der Waals surface area contributed by atoms with Crippen molar-refractivity contribution in [1.29, 1.82) is 0 Å². The fourth-order valence-electron chi connectivity index (χ4n) is 4.90. The van der Waals surface area contributed by atoms with E-state index in [1.165, 1.54) is 18.2 Å². The van der Waals surface area contributed by atoms with E-state index in [1.54, 1.807) is 6.07 Å². The summed E-state index contributed by atoms with van der Waals surface area (Å²) >= 11 is 0.712. The molecule has 1 fully saturated rings. The number of imide groups is 1. The molecule has 0 atom stereocenters. The van der Waals surface area contributed by atoms with Crippen LogP contribution < -0.4 is 15.0 Å². The third-order valence-corrected chi connectivity index (χ3v) is 7.74. The van der Waals surface area contributed by atoms with Gasteiger partial charge in [-0.1, -0.05) is 39.8 Å². The van der Waals surface area contributed by atoms with E-state index in [1.807, 2.05) is 25.1 Å². The quantitative estimate of drug-likeness (QED) is 0.442. The number of benzene rings is 2. The minimum atomic E-state index is -4.91. The lowest BCUT2D eigenvalue weighted by Gasteiger charge is -2.43. The van der Waals surface area contributed by atoms with Crippen molar-refractivity contribution >= 4 is 34.7 Å². The highest BCUT2D eigenvalue weighted by molar-refractivity contribution is 8.18. The molecule has 0 radical (unpaired) electrons. The number of fused-ring (bicyclic) bond motifs is 1. The van der Waals surface area contributed by atoms with Crippen LogP contribution in [0, 0.1) is 0 Å². The first-order chi connectivity index (χ1) is 16.6. The summed E-state index contributed by atoms with van der Waals surface area (Å²) in [6.07, 6.45) is -1.55. The van der Waals surface area contributed by atoms with Gasteiger partial charge in [0.25, 0.3) is 11.1 Å². The first kappa shape index (κ1) is 26.1. The Morgan fingerprint density at radius 3 is 2.17 bits per heavy atom. The summed E-state index contributed by atoms with van der Waals surface area (Å²) in [5, 5.41) is 1.66. The summed E-state index contributed by atoms with van der Waals surface area (Å²) in [6.45, 7) is 8.66. The van der Waals surface area contributed by atoms with Gasteiger partial charge in [0, 0.05) is 30.9 Å². The third kappa shape index (κ3) is 4.98. The van der Waals surface area contributed by atoms with Crippen molar-refractivity contribution in [2.45, 2.75) is 57.7 Å². The number of amides is 2. The van der Waals surface area contributed by atoms with Gasteiger partial charge in [0.1, 0.15) is 5.75 Å². The average Bonchev–Trinajstić information content (AvgIpc) is 3.06. The van der Waals surface area contributed by atoms with Gasteiger partial charge in [-0.25, -0.2) is 0 Å². The summed E-state index contributed by atoms with van der Waals surface area (Å²) in [5.74, 6) is -0.957. The predicted molar refractivity (Wildman–Crippen MR) is 137 cm³/mol. The molecule has 2 aliphatic rings. The second-order valence-electron chi connectivity index (χ2n) is 10.7. The van der Waals surface area contributed by atoms with Gasteiger partial charge >= 0.3 is 6.36 Å². The van der Waals surface area contributed by atoms with Crippen LogP contribution in [0.15, 0.2) is 35.2 Å². The molecular formula is C27H29F3N2O3S. The standard InChI is InChI=1S/C27H29F3N2O3S/c1-25(2)10-11-26(3,4)18-14-19(32(5)6)16(13-17(18)25)22-15(12-21-23(33)31-24(34)36-21)8-7-9-20(22)35-27(28,29)30/h7-9,12-14H,10-11H2,1-6H3,(H,31,33,34)/b21-12-. The van der Waals surface area contributed by atoms with E-state index >= 15 is 0 Å². The number of hydrogen-bond donors (Lipinski definition) is 1. The van der Waals surface area contributed by atoms with Crippen molar-refractivity contribution in [3.63, 3.8) is 0 Å². The molecule has 0 bridgehead atoms. The topological polar surface area (TPSA) is 58.6 Å². The van der Waals surface area contributed by atoms with Gasteiger partial charge < -0.3 is 9.64 Å². The lowest BCUT2D eigenvalue weighted by Crippen LogP contribution is -2.34. The molecule has 2 amide bonds. The normalized spacial score (nSPS) is 19.8. The number of nitrogens with zero attached hydrogens (tertiary/aromatic N) is 1. The Morgan fingerprint density at radius 1 is 1.03 bits per heavy atom. The van der Waals surface area contributed by atoms with E-state index in [0.29, 0.717) is 22.9 Å². The van der Waals surface area contributed by atoms with E-state index in [0.717, 1.165) is 29.7 Å². The summed E-state index contributed by atoms with van der Waals surface area (Å²) in [6, 6.07) is 8.37. The third-order valence-electron chi connectivity index (χ3n) is 6.93. The number of nitrogens with one attached hydrogen (secondary N) is 1. The van der Waals surface area contributed by atoms with Crippen LogP contribution in [-0.2, 0) is 15.6 Å². The molecule has 9 heteroatoms. The van der Waals surface area contributed by atoms with Crippen molar-refractivity contribution in [1.82, 2.24) is 5.32 Å². The Balaban J connectivity index is 2.06. The number of carbonyl (C=O) groups excluding carboxylic acids is 2. The van der Waals surface area contributed by atoms with Crippen LogP contribution in [0.1, 0.15) is 57.2 Å². The lowest BCUT2D eigenvalue weighted by molar-refractivity contribution is -0.274. The van der Waals surface area contributed by atoms with Crippen LogP contribution in [0.4, 0.5) is 23.7 Å². The van der Waals surface area contributed by atoms with Gasteiger partial charge in [-0.15, -0.1) is 13.2 Å². The fourth-order valence-corrected chi connectivity index (χ4v) is 5.57. The summed E-state index contributed by atoms with van der Waals surface area (Å²) < 4.78 is 44.9. The van der Waals surface area contributed by atoms with Crippen molar-refractivity contribution < 1.29 is 27.5 Å². The molecule has 1 aliphatic carbocycles. The molecule has 1 saturated heterocycles. The Hall–Kier alpha value is -2.94. The van der Waals surface area contributed by atoms with E-state index < -0.39 is 17.5 Å². The molecule has 0 unspecified atom stereocenters. The molecule has 2 aromatic carbocycles. The number of hydrogen-bond acceptors (Lipinski definition) is 5. The zero-order chi connectivity index (χ0) is 26.6. The highest BCUT2D eigenvalue weighted by Crippen LogP contribution is 2.51. The number of ether oxygens (including phenoxy) is 1. The molecule has 1 N–H and O–H groups in total.